The lowest BCUT2D eigenvalue weighted by Crippen LogP contribution is -2.39. The maximum Gasteiger partial charge on any atom is 0.327 e. The average molecular weight is 357 g/mol. The van der Waals surface area contributed by atoms with Gasteiger partial charge in [0.2, 0.25) is 0 Å². The second-order valence-corrected chi connectivity index (χ2v) is 8.48. The molecule has 0 aliphatic carbocycles. The van der Waals surface area contributed by atoms with Gasteiger partial charge in [0.15, 0.2) is 11.5 Å². The fourth-order valence-corrected chi connectivity index (χ4v) is 5.00. The Morgan fingerprint density at radius 3 is 3.00 bits per heavy atom. The van der Waals surface area contributed by atoms with Crippen LogP contribution in [0.4, 0.5) is 5.82 Å². The molecule has 0 saturated carbocycles. The first-order valence-electron chi connectivity index (χ1n) is 7.12. The van der Waals surface area contributed by atoms with E-state index in [2.05, 4.69) is 15.0 Å². The summed E-state index contributed by atoms with van der Waals surface area (Å²) in [6, 6.07) is 0. The van der Waals surface area contributed by atoms with Gasteiger partial charge in [0.1, 0.15) is 30.3 Å². The Bertz CT molecular complexity index is 801. The summed E-state index contributed by atoms with van der Waals surface area (Å²) in [5.41, 5.74) is 7.00. The van der Waals surface area contributed by atoms with Gasteiger partial charge in [0.25, 0.3) is 0 Å². The zero-order chi connectivity index (χ0) is 16.2. The van der Waals surface area contributed by atoms with Crippen LogP contribution in [0.1, 0.15) is 19.6 Å². The van der Waals surface area contributed by atoms with Gasteiger partial charge in [-0.05, 0) is 18.7 Å². The van der Waals surface area contributed by atoms with E-state index < -0.39 is 6.72 Å². The molecule has 11 heteroatoms. The highest BCUT2D eigenvalue weighted by Crippen LogP contribution is 2.58. The number of anilines is 1. The van der Waals surface area contributed by atoms with Gasteiger partial charge in [-0.25, -0.2) is 15.0 Å². The largest absolute Gasteiger partial charge is 0.382 e. The first-order chi connectivity index (χ1) is 11.0. The van der Waals surface area contributed by atoms with Gasteiger partial charge in [-0.15, -0.1) is 0 Å². The summed E-state index contributed by atoms with van der Waals surface area (Å²) in [4.78, 5) is 12.5. The van der Waals surface area contributed by atoms with Gasteiger partial charge < -0.3 is 24.0 Å². The lowest BCUT2D eigenvalue weighted by atomic mass is 10.1. The molecule has 0 spiro atoms. The minimum atomic E-state index is -2.70. The Kier molecular flexibility index (Phi) is 3.63. The van der Waals surface area contributed by atoms with Crippen molar-refractivity contribution in [1.82, 2.24) is 19.5 Å². The monoisotopic (exact) mass is 357 g/mol. The molecule has 2 fully saturated rings. The van der Waals surface area contributed by atoms with E-state index in [0.29, 0.717) is 23.4 Å². The summed E-state index contributed by atoms with van der Waals surface area (Å²) in [5.74, 6) is 0.340. The molecule has 124 valence electrons. The third-order valence-electron chi connectivity index (χ3n) is 4.06. The zero-order valence-corrected chi connectivity index (χ0v) is 14.2. The predicted molar refractivity (Wildman–Crippen MR) is 85.0 cm³/mol. The first-order valence-corrected chi connectivity index (χ1v) is 9.67. The number of nitrogens with two attached hydrogens (primary N) is 1. The number of ether oxygens (including phenoxy) is 1. The first kappa shape index (κ1) is 15.4. The zero-order valence-electron chi connectivity index (χ0n) is 12.5. The molecule has 5 atom stereocenters. The molecule has 2 aromatic rings. The van der Waals surface area contributed by atoms with Crippen molar-refractivity contribution in [3.63, 3.8) is 0 Å². The molecule has 2 aromatic heterocycles. The van der Waals surface area contributed by atoms with E-state index >= 15 is 0 Å². The Morgan fingerprint density at radius 1 is 1.39 bits per heavy atom. The third-order valence-corrected chi connectivity index (χ3v) is 6.59. The van der Waals surface area contributed by atoms with E-state index in [1.807, 2.05) is 11.5 Å². The van der Waals surface area contributed by atoms with E-state index in [9.17, 15) is 0 Å². The molecular weight excluding hydrogens is 341 g/mol. The second-order valence-electron chi connectivity index (χ2n) is 5.46. The quantitative estimate of drug-likeness (QED) is 0.797. The van der Waals surface area contributed by atoms with E-state index in [1.54, 1.807) is 6.33 Å². The van der Waals surface area contributed by atoms with Gasteiger partial charge in [0, 0.05) is 13.5 Å². The van der Waals surface area contributed by atoms with Crippen molar-refractivity contribution in [2.75, 3.05) is 12.8 Å². The molecule has 0 aromatic carbocycles. The number of imidazole rings is 1. The number of fused-ring (bicyclic) bond motifs is 2. The van der Waals surface area contributed by atoms with E-state index in [0.717, 1.165) is 0 Å². The topological polar surface area (TPSA) is 107 Å². The van der Waals surface area contributed by atoms with Gasteiger partial charge in [-0.3, -0.25) is 4.57 Å². The van der Waals surface area contributed by atoms with Gasteiger partial charge in [-0.1, -0.05) is 0 Å². The smallest absolute Gasteiger partial charge is 0.327 e. The van der Waals surface area contributed by atoms with Crippen LogP contribution in [-0.2, 0) is 30.1 Å². The fourth-order valence-electron chi connectivity index (χ4n) is 2.97. The number of hydrogen-bond acceptors (Lipinski definition) is 9. The van der Waals surface area contributed by atoms with Crippen molar-refractivity contribution < 1.29 is 18.3 Å². The van der Waals surface area contributed by atoms with Crippen LogP contribution in [0.5, 0.6) is 0 Å². The van der Waals surface area contributed by atoms with Crippen LogP contribution in [0, 0.1) is 0 Å². The molecule has 5 unspecified atom stereocenters. The summed E-state index contributed by atoms with van der Waals surface area (Å²) < 4.78 is 24.7. The van der Waals surface area contributed by atoms with Gasteiger partial charge >= 0.3 is 6.72 Å². The van der Waals surface area contributed by atoms with Crippen molar-refractivity contribution in [2.24, 2.45) is 0 Å². The van der Waals surface area contributed by atoms with E-state index in [-0.39, 0.29) is 24.5 Å². The van der Waals surface area contributed by atoms with Crippen LogP contribution in [0.25, 0.3) is 11.2 Å². The molecule has 2 aliphatic rings. The predicted octanol–water partition coefficient (Wildman–Crippen LogP) is 1.37. The standard InChI is InChI=1S/C12H16N5O4PS/c1-6-10-7(21-22(23,18-2)20-6)3-8(19-10)17-5-16-9-11(13)14-4-15-12(9)17/h4-8,10H,3H2,1-2H3,(H2,13,14,15). The molecule has 0 bridgehead atoms. The third kappa shape index (κ3) is 2.46. The van der Waals surface area contributed by atoms with Crippen LogP contribution in [0.15, 0.2) is 12.7 Å². The summed E-state index contributed by atoms with van der Waals surface area (Å²) in [7, 11) is 1.50. The highest BCUT2D eigenvalue weighted by atomic mass is 32.5. The van der Waals surface area contributed by atoms with E-state index in [4.69, 9.17) is 35.8 Å². The van der Waals surface area contributed by atoms with Gasteiger partial charge in [-0.2, -0.15) is 0 Å². The summed E-state index contributed by atoms with van der Waals surface area (Å²) in [6.07, 6.45) is 2.76. The number of aromatic nitrogens is 4. The maximum atomic E-state index is 6.10. The Morgan fingerprint density at radius 2 is 2.22 bits per heavy atom. The Hall–Kier alpha value is -1.16. The molecule has 0 radical (unpaired) electrons. The Labute approximate surface area is 137 Å². The summed E-state index contributed by atoms with van der Waals surface area (Å²) >= 11 is 5.32. The summed E-state index contributed by atoms with van der Waals surface area (Å²) in [6.45, 7) is -0.785. The summed E-state index contributed by atoms with van der Waals surface area (Å²) in [5, 5.41) is 0. The molecule has 2 saturated heterocycles. The number of nitrogen functional groups attached to an aromatic ring is 1. The molecule has 4 heterocycles. The van der Waals surface area contributed by atoms with Crippen molar-refractivity contribution in [1.29, 1.82) is 0 Å². The molecule has 2 N–H and O–H groups in total. The second kappa shape index (κ2) is 5.44. The SMILES string of the molecule is COP1(=S)OC(C)C2OC(n3cnc4c(N)ncnc43)CC2O1. The normalized spacial score (nSPS) is 37.1. The van der Waals surface area contributed by atoms with Crippen LogP contribution in [-0.4, -0.2) is 44.9 Å². The minimum Gasteiger partial charge on any atom is -0.382 e. The van der Waals surface area contributed by atoms with Crippen molar-refractivity contribution >= 4 is 35.5 Å². The number of nitrogens with zero attached hydrogens (tertiary/aromatic N) is 4. The van der Waals surface area contributed by atoms with Crippen LogP contribution < -0.4 is 5.73 Å². The fraction of sp³-hybridized carbons (Fsp3) is 0.583. The molecule has 9 nitrogen and oxygen atoms in total. The van der Waals surface area contributed by atoms with Crippen molar-refractivity contribution in [3.8, 4) is 0 Å². The van der Waals surface area contributed by atoms with Crippen molar-refractivity contribution in [3.05, 3.63) is 12.7 Å². The van der Waals surface area contributed by atoms with Crippen LogP contribution in [0.2, 0.25) is 0 Å². The number of hydrogen-bond donors (Lipinski definition) is 1. The minimum absolute atomic E-state index is 0.189. The molecule has 2 aliphatic heterocycles. The Balaban J connectivity index is 1.65. The van der Waals surface area contributed by atoms with Crippen molar-refractivity contribution in [2.45, 2.75) is 37.9 Å². The van der Waals surface area contributed by atoms with Gasteiger partial charge in [0.05, 0.1) is 12.4 Å². The number of rotatable bonds is 2. The lowest BCUT2D eigenvalue weighted by Gasteiger charge is -2.36. The molecule has 0 amide bonds. The molecule has 4 rings (SSSR count). The maximum absolute atomic E-state index is 6.10. The lowest BCUT2D eigenvalue weighted by molar-refractivity contribution is -0.0922. The van der Waals surface area contributed by atoms with Crippen LogP contribution in [0.3, 0.4) is 0 Å². The highest BCUT2D eigenvalue weighted by Gasteiger charge is 2.49. The molecule has 23 heavy (non-hydrogen) atoms. The molecular formula is C12H16N5O4PS. The average Bonchev–Trinajstić information content (AvgIpc) is 3.11. The highest BCUT2D eigenvalue weighted by molar-refractivity contribution is 8.07. The van der Waals surface area contributed by atoms with E-state index in [1.165, 1.54) is 13.4 Å². The van der Waals surface area contributed by atoms with Crippen LogP contribution >= 0.6 is 6.72 Å².